The maximum absolute atomic E-state index is 12.5. The van der Waals surface area contributed by atoms with Crippen LogP contribution in [0.15, 0.2) is 12.4 Å². The smallest absolute Gasteiger partial charge is 0.254 e. The third kappa shape index (κ3) is 2.74. The number of fused-ring (bicyclic) bond motifs is 1. The minimum absolute atomic E-state index is 0.0169. The predicted octanol–water partition coefficient (Wildman–Crippen LogP) is -0.256. The average molecular weight is 333 g/mol. The van der Waals surface area contributed by atoms with Crippen LogP contribution in [0, 0.1) is 6.92 Å². The Morgan fingerprint density at radius 3 is 2.91 bits per heavy atom. The van der Waals surface area contributed by atoms with Crippen LogP contribution in [0.3, 0.4) is 0 Å². The number of piperazine rings is 1. The van der Waals surface area contributed by atoms with Crippen LogP contribution in [0.25, 0.3) is 5.78 Å². The number of hydrogen-bond acceptors (Lipinski definition) is 7. The van der Waals surface area contributed by atoms with Crippen molar-refractivity contribution in [3.8, 4) is 0 Å². The molecule has 0 aliphatic carbocycles. The zero-order valence-corrected chi connectivity index (χ0v) is 13.8. The summed E-state index contributed by atoms with van der Waals surface area (Å²) in [5.74, 6) is 3.59. The van der Waals surface area contributed by atoms with Crippen molar-refractivity contribution in [1.29, 1.82) is 0 Å². The van der Waals surface area contributed by atoms with Gasteiger partial charge >= 0.3 is 0 Å². The quantitative estimate of drug-likeness (QED) is 0.811. The van der Waals surface area contributed by atoms with Gasteiger partial charge in [0.25, 0.3) is 5.78 Å². The summed E-state index contributed by atoms with van der Waals surface area (Å²) in [5, 5.41) is 7.51. The van der Waals surface area contributed by atoms with Gasteiger partial charge in [-0.15, -0.1) is 11.8 Å². The van der Waals surface area contributed by atoms with Crippen molar-refractivity contribution in [3.05, 3.63) is 18.1 Å². The second-order valence-electron chi connectivity index (χ2n) is 5.81. The van der Waals surface area contributed by atoms with E-state index in [0.29, 0.717) is 5.78 Å². The second kappa shape index (κ2) is 5.97. The molecule has 2 aromatic heterocycles. The van der Waals surface area contributed by atoms with E-state index in [9.17, 15) is 4.79 Å². The number of hydrogen-bond donors (Lipinski definition) is 1. The Kier molecular flexibility index (Phi) is 3.82. The van der Waals surface area contributed by atoms with E-state index in [-0.39, 0.29) is 11.9 Å². The fraction of sp³-hybridized carbons (Fsp3) is 0.571. The van der Waals surface area contributed by atoms with E-state index in [1.807, 2.05) is 17.9 Å². The van der Waals surface area contributed by atoms with Gasteiger partial charge in [0.05, 0.1) is 6.04 Å². The first-order chi connectivity index (χ1) is 11.2. The van der Waals surface area contributed by atoms with Gasteiger partial charge in [-0.2, -0.15) is 14.6 Å². The number of anilines is 1. The van der Waals surface area contributed by atoms with Gasteiger partial charge in [-0.1, -0.05) is 0 Å². The molecule has 8 nitrogen and oxygen atoms in total. The summed E-state index contributed by atoms with van der Waals surface area (Å²) in [4.78, 5) is 25.2. The molecule has 1 N–H and O–H groups in total. The Bertz CT molecular complexity index is 719. The van der Waals surface area contributed by atoms with Crippen LogP contribution in [0.1, 0.15) is 5.69 Å². The maximum atomic E-state index is 12.5. The SMILES string of the molecule is Cc1cc(N2CCN(C(=O)C3CSCN3)CC2)n2ncnc2n1. The summed E-state index contributed by atoms with van der Waals surface area (Å²) < 4.78 is 1.76. The van der Waals surface area contributed by atoms with Crippen LogP contribution < -0.4 is 10.2 Å². The van der Waals surface area contributed by atoms with Crippen LogP contribution in [0.5, 0.6) is 0 Å². The first-order valence-electron chi connectivity index (χ1n) is 7.74. The van der Waals surface area contributed by atoms with Crippen molar-refractivity contribution in [1.82, 2.24) is 29.8 Å². The van der Waals surface area contributed by atoms with E-state index in [1.165, 1.54) is 6.33 Å². The Morgan fingerprint density at radius 2 is 2.17 bits per heavy atom. The molecule has 2 saturated heterocycles. The van der Waals surface area contributed by atoms with Crippen molar-refractivity contribution >= 4 is 29.3 Å². The van der Waals surface area contributed by atoms with Crippen molar-refractivity contribution in [3.63, 3.8) is 0 Å². The van der Waals surface area contributed by atoms with Crippen molar-refractivity contribution < 1.29 is 4.79 Å². The summed E-state index contributed by atoms with van der Waals surface area (Å²) in [7, 11) is 0. The van der Waals surface area contributed by atoms with E-state index >= 15 is 0 Å². The van der Waals surface area contributed by atoms with Crippen molar-refractivity contribution in [2.45, 2.75) is 13.0 Å². The molecular weight excluding hydrogens is 314 g/mol. The van der Waals surface area contributed by atoms with Gasteiger partial charge in [-0.3, -0.25) is 10.1 Å². The van der Waals surface area contributed by atoms with E-state index in [4.69, 9.17) is 0 Å². The number of nitrogens with zero attached hydrogens (tertiary/aromatic N) is 6. The molecule has 2 aromatic rings. The normalized spacial score (nSPS) is 22.0. The molecule has 9 heteroatoms. The third-order valence-electron chi connectivity index (χ3n) is 4.29. The first-order valence-corrected chi connectivity index (χ1v) is 8.90. The Labute approximate surface area is 138 Å². The highest BCUT2D eigenvalue weighted by Crippen LogP contribution is 2.19. The Hall–Kier alpha value is -1.87. The fourth-order valence-corrected chi connectivity index (χ4v) is 4.00. The Morgan fingerprint density at radius 1 is 1.35 bits per heavy atom. The third-order valence-corrected chi connectivity index (χ3v) is 5.23. The lowest BCUT2D eigenvalue weighted by molar-refractivity contribution is -0.132. The number of carbonyl (C=O) groups excluding carboxylic acids is 1. The zero-order chi connectivity index (χ0) is 15.8. The second-order valence-corrected chi connectivity index (χ2v) is 6.84. The standard InChI is InChI=1S/C14H19N7OS/c1-10-6-12(21-14(18-10)15-8-17-21)19-2-4-20(5-3-19)13(22)11-7-23-9-16-11/h6,8,11,16H,2-5,7,9H2,1H3. The lowest BCUT2D eigenvalue weighted by Crippen LogP contribution is -2.54. The fourth-order valence-electron chi connectivity index (χ4n) is 3.07. The molecule has 0 aromatic carbocycles. The summed E-state index contributed by atoms with van der Waals surface area (Å²) >= 11 is 1.78. The minimum atomic E-state index is -0.0169. The molecule has 0 radical (unpaired) electrons. The van der Waals surface area contributed by atoms with Crippen LogP contribution in [-0.2, 0) is 4.79 Å². The van der Waals surface area contributed by atoms with Gasteiger partial charge < -0.3 is 9.80 Å². The summed E-state index contributed by atoms with van der Waals surface area (Å²) in [5.41, 5.74) is 0.922. The monoisotopic (exact) mass is 333 g/mol. The van der Waals surface area contributed by atoms with Gasteiger partial charge in [-0.05, 0) is 6.92 Å². The van der Waals surface area contributed by atoms with Crippen LogP contribution in [0.4, 0.5) is 5.82 Å². The van der Waals surface area contributed by atoms with Gasteiger partial charge in [0.15, 0.2) is 0 Å². The van der Waals surface area contributed by atoms with Crippen LogP contribution in [-0.4, -0.2) is 74.2 Å². The molecule has 1 amide bonds. The molecule has 4 heterocycles. The molecule has 0 spiro atoms. The lowest BCUT2D eigenvalue weighted by Gasteiger charge is -2.36. The van der Waals surface area contributed by atoms with E-state index < -0.39 is 0 Å². The molecule has 2 aliphatic heterocycles. The highest BCUT2D eigenvalue weighted by molar-refractivity contribution is 7.99. The predicted molar refractivity (Wildman–Crippen MR) is 88.6 cm³/mol. The molecule has 23 heavy (non-hydrogen) atoms. The summed E-state index contributed by atoms with van der Waals surface area (Å²) in [6.45, 7) is 5.02. The molecular formula is C14H19N7OS. The number of aromatic nitrogens is 4. The summed E-state index contributed by atoms with van der Waals surface area (Å²) in [6.07, 6.45) is 1.52. The van der Waals surface area contributed by atoms with Crippen molar-refractivity contribution in [2.24, 2.45) is 0 Å². The molecule has 2 aliphatic rings. The Balaban J connectivity index is 1.48. The molecule has 2 fully saturated rings. The number of nitrogens with one attached hydrogen (secondary N) is 1. The molecule has 0 bridgehead atoms. The topological polar surface area (TPSA) is 78.7 Å². The molecule has 1 atom stereocenters. The number of rotatable bonds is 2. The van der Waals surface area contributed by atoms with Gasteiger partial charge in [-0.25, -0.2) is 4.98 Å². The van der Waals surface area contributed by atoms with E-state index in [1.54, 1.807) is 16.3 Å². The van der Waals surface area contributed by atoms with Crippen molar-refractivity contribution in [2.75, 3.05) is 42.7 Å². The van der Waals surface area contributed by atoms with Gasteiger partial charge in [0.2, 0.25) is 5.91 Å². The van der Waals surface area contributed by atoms with E-state index in [2.05, 4.69) is 25.3 Å². The first kappa shape index (κ1) is 14.7. The molecule has 122 valence electrons. The summed E-state index contributed by atoms with van der Waals surface area (Å²) in [6, 6.07) is 2.01. The molecule has 0 saturated carbocycles. The zero-order valence-electron chi connectivity index (χ0n) is 13.0. The van der Waals surface area contributed by atoms with E-state index in [0.717, 1.165) is 49.3 Å². The minimum Gasteiger partial charge on any atom is -0.353 e. The highest BCUT2D eigenvalue weighted by atomic mass is 32.2. The molecule has 1 unspecified atom stereocenters. The maximum Gasteiger partial charge on any atom is 0.254 e. The van der Waals surface area contributed by atoms with Crippen LogP contribution >= 0.6 is 11.8 Å². The number of carbonyl (C=O) groups is 1. The average Bonchev–Trinajstić information content (AvgIpc) is 3.25. The van der Waals surface area contributed by atoms with Crippen LogP contribution in [0.2, 0.25) is 0 Å². The number of aryl methyl sites for hydroxylation is 1. The number of amides is 1. The molecule has 4 rings (SSSR count). The van der Waals surface area contributed by atoms with Gasteiger partial charge in [0, 0.05) is 49.6 Å². The highest BCUT2D eigenvalue weighted by Gasteiger charge is 2.30. The number of thioether (sulfide) groups is 1. The lowest BCUT2D eigenvalue weighted by atomic mass is 10.2. The largest absolute Gasteiger partial charge is 0.353 e. The van der Waals surface area contributed by atoms with Gasteiger partial charge in [0.1, 0.15) is 12.1 Å².